The van der Waals surface area contributed by atoms with Crippen molar-refractivity contribution in [2.75, 3.05) is 32.8 Å². The summed E-state index contributed by atoms with van der Waals surface area (Å²) in [6.07, 6.45) is -0.0922. The summed E-state index contributed by atoms with van der Waals surface area (Å²) in [5.41, 5.74) is 7.68. The molecular weight excluding hydrogens is 348 g/mol. The number of carboxylic acids is 1. The molecule has 27 heavy (non-hydrogen) atoms. The van der Waals surface area contributed by atoms with E-state index in [9.17, 15) is 9.59 Å². The second-order valence-corrected chi connectivity index (χ2v) is 6.16. The van der Waals surface area contributed by atoms with E-state index in [0.29, 0.717) is 37.6 Å². The number of ether oxygens (including phenoxy) is 2. The third-order valence-electron chi connectivity index (χ3n) is 4.29. The van der Waals surface area contributed by atoms with Crippen LogP contribution in [0.3, 0.4) is 0 Å². The molecule has 0 fully saturated rings. The number of benzene rings is 2. The zero-order chi connectivity index (χ0) is 19.2. The number of fused-ring (bicyclic) bond motifs is 1. The molecule has 1 aliphatic rings. The van der Waals surface area contributed by atoms with Gasteiger partial charge in [0, 0.05) is 13.1 Å². The number of hydrogen-bond donors (Lipinski definition) is 2. The van der Waals surface area contributed by atoms with Gasteiger partial charge in [0.2, 0.25) is 0 Å². The van der Waals surface area contributed by atoms with Gasteiger partial charge in [0.15, 0.2) is 0 Å². The van der Waals surface area contributed by atoms with Crippen LogP contribution in [0.25, 0.3) is 11.1 Å². The van der Waals surface area contributed by atoms with Gasteiger partial charge in [-0.3, -0.25) is 9.59 Å². The predicted octanol–water partition coefficient (Wildman–Crippen LogP) is 2.00. The summed E-state index contributed by atoms with van der Waals surface area (Å²) in [5, 5.41) is 8.88. The van der Waals surface area contributed by atoms with E-state index < -0.39 is 5.97 Å². The van der Waals surface area contributed by atoms with Crippen molar-refractivity contribution in [1.29, 1.82) is 0 Å². The molecule has 0 atom stereocenters. The Balaban J connectivity index is 1.83. The Labute approximate surface area is 157 Å². The first kappa shape index (κ1) is 18.7. The first-order valence-electron chi connectivity index (χ1n) is 8.79. The molecule has 1 aliphatic heterocycles. The van der Waals surface area contributed by atoms with E-state index in [1.165, 1.54) is 4.90 Å². The number of nitrogens with two attached hydrogens (primary N) is 1. The van der Waals surface area contributed by atoms with Crippen LogP contribution >= 0.6 is 0 Å². The Kier molecular flexibility index (Phi) is 5.93. The van der Waals surface area contributed by atoms with Crippen molar-refractivity contribution in [3.8, 4) is 22.6 Å². The molecule has 0 radical (unpaired) electrons. The molecule has 1 heterocycles. The largest absolute Gasteiger partial charge is 0.492 e. The minimum atomic E-state index is -0.932. The van der Waals surface area contributed by atoms with Crippen LogP contribution in [0, 0.1) is 0 Å². The second-order valence-electron chi connectivity index (χ2n) is 6.16. The van der Waals surface area contributed by atoms with Crippen molar-refractivity contribution < 1.29 is 24.2 Å². The smallest absolute Gasteiger partial charge is 0.305 e. The lowest BCUT2D eigenvalue weighted by atomic mass is 10.0. The minimum absolute atomic E-state index is 0.0922. The Bertz CT molecular complexity index is 820. The highest BCUT2D eigenvalue weighted by Gasteiger charge is 2.24. The van der Waals surface area contributed by atoms with Crippen molar-refractivity contribution in [3.05, 3.63) is 48.0 Å². The fourth-order valence-electron chi connectivity index (χ4n) is 2.90. The van der Waals surface area contributed by atoms with Crippen LogP contribution in [0.15, 0.2) is 42.5 Å². The minimum Gasteiger partial charge on any atom is -0.492 e. The third kappa shape index (κ3) is 4.57. The molecule has 0 saturated heterocycles. The summed E-state index contributed by atoms with van der Waals surface area (Å²) in [5.74, 6) is 0.107. The van der Waals surface area contributed by atoms with E-state index in [0.717, 1.165) is 16.9 Å². The maximum atomic E-state index is 12.8. The van der Waals surface area contributed by atoms with Crippen molar-refractivity contribution in [3.63, 3.8) is 0 Å². The van der Waals surface area contributed by atoms with E-state index in [-0.39, 0.29) is 18.9 Å². The monoisotopic (exact) mass is 370 g/mol. The van der Waals surface area contributed by atoms with E-state index in [1.807, 2.05) is 30.3 Å². The highest BCUT2D eigenvalue weighted by atomic mass is 16.5. The molecule has 2 aromatic rings. The zero-order valence-corrected chi connectivity index (χ0v) is 14.9. The molecule has 0 saturated carbocycles. The summed E-state index contributed by atoms with van der Waals surface area (Å²) in [7, 11) is 0. The molecule has 1 amide bonds. The molecule has 0 aliphatic carbocycles. The summed E-state index contributed by atoms with van der Waals surface area (Å²) in [6.45, 7) is 1.77. The van der Waals surface area contributed by atoms with Gasteiger partial charge >= 0.3 is 5.97 Å². The van der Waals surface area contributed by atoms with Crippen LogP contribution in [0.5, 0.6) is 11.5 Å². The van der Waals surface area contributed by atoms with Crippen LogP contribution in [0.2, 0.25) is 0 Å². The lowest BCUT2D eigenvalue weighted by molar-refractivity contribution is -0.137. The number of carbonyl (C=O) groups excluding carboxylic acids is 1. The summed E-state index contributed by atoms with van der Waals surface area (Å²) >= 11 is 0. The standard InChI is InChI=1S/C20H22N2O5/c21-8-11-26-16-4-1-14(2-5-16)15-3-6-18-17(13-15)20(25)22(10-12-27-18)9-7-19(23)24/h1-6,13H,7-12,21H2,(H,23,24). The molecule has 0 spiro atoms. The zero-order valence-electron chi connectivity index (χ0n) is 14.9. The molecule has 7 nitrogen and oxygen atoms in total. The highest BCUT2D eigenvalue weighted by Crippen LogP contribution is 2.30. The number of carbonyl (C=O) groups is 2. The van der Waals surface area contributed by atoms with Gasteiger partial charge in [0.05, 0.1) is 18.5 Å². The first-order chi connectivity index (χ1) is 13.1. The van der Waals surface area contributed by atoms with Crippen LogP contribution in [-0.4, -0.2) is 54.7 Å². The summed E-state index contributed by atoms with van der Waals surface area (Å²) in [4.78, 5) is 25.2. The molecular formula is C20H22N2O5. The average Bonchev–Trinajstić information content (AvgIpc) is 2.83. The van der Waals surface area contributed by atoms with Crippen LogP contribution in [0.4, 0.5) is 0 Å². The van der Waals surface area contributed by atoms with E-state index >= 15 is 0 Å². The lowest BCUT2D eigenvalue weighted by Gasteiger charge is -2.18. The Morgan fingerprint density at radius 2 is 1.93 bits per heavy atom. The number of aliphatic carboxylic acids is 1. The van der Waals surface area contributed by atoms with Gasteiger partial charge in [-0.15, -0.1) is 0 Å². The Hall–Kier alpha value is -3.06. The second kappa shape index (κ2) is 8.55. The van der Waals surface area contributed by atoms with Crippen molar-refractivity contribution in [2.24, 2.45) is 5.73 Å². The fourth-order valence-corrected chi connectivity index (χ4v) is 2.90. The number of carboxylic acid groups (broad SMARTS) is 1. The molecule has 3 N–H and O–H groups in total. The van der Waals surface area contributed by atoms with Crippen molar-refractivity contribution >= 4 is 11.9 Å². The number of nitrogens with zero attached hydrogens (tertiary/aromatic N) is 1. The van der Waals surface area contributed by atoms with Gasteiger partial charge in [-0.1, -0.05) is 18.2 Å². The van der Waals surface area contributed by atoms with Gasteiger partial charge in [0.25, 0.3) is 5.91 Å². The lowest BCUT2D eigenvalue weighted by Crippen LogP contribution is -2.34. The first-order valence-corrected chi connectivity index (χ1v) is 8.79. The maximum Gasteiger partial charge on any atom is 0.305 e. The van der Waals surface area contributed by atoms with Crippen LogP contribution in [0.1, 0.15) is 16.8 Å². The van der Waals surface area contributed by atoms with Crippen LogP contribution in [-0.2, 0) is 4.79 Å². The fraction of sp³-hybridized carbons (Fsp3) is 0.300. The molecule has 0 unspecified atom stereocenters. The van der Waals surface area contributed by atoms with E-state index in [4.69, 9.17) is 20.3 Å². The Morgan fingerprint density at radius 3 is 2.63 bits per heavy atom. The number of rotatable bonds is 7. The van der Waals surface area contributed by atoms with Gasteiger partial charge in [-0.25, -0.2) is 0 Å². The highest BCUT2D eigenvalue weighted by molar-refractivity contribution is 5.98. The quantitative estimate of drug-likeness (QED) is 0.773. The van der Waals surface area contributed by atoms with Crippen molar-refractivity contribution in [1.82, 2.24) is 4.90 Å². The number of hydrogen-bond acceptors (Lipinski definition) is 5. The maximum absolute atomic E-state index is 12.8. The summed E-state index contributed by atoms with van der Waals surface area (Å²) in [6, 6.07) is 13.0. The van der Waals surface area contributed by atoms with Gasteiger partial charge < -0.3 is 25.2 Å². The predicted molar refractivity (Wildman–Crippen MR) is 100 cm³/mol. The Morgan fingerprint density at radius 1 is 1.19 bits per heavy atom. The van der Waals surface area contributed by atoms with Gasteiger partial charge in [-0.2, -0.15) is 0 Å². The SMILES string of the molecule is NCCOc1ccc(-c2ccc3c(c2)C(=O)N(CCC(=O)O)CCO3)cc1. The molecule has 0 bridgehead atoms. The average molecular weight is 370 g/mol. The third-order valence-corrected chi connectivity index (χ3v) is 4.29. The number of amides is 1. The molecule has 3 rings (SSSR count). The van der Waals surface area contributed by atoms with Crippen molar-refractivity contribution in [2.45, 2.75) is 6.42 Å². The van der Waals surface area contributed by atoms with Gasteiger partial charge in [-0.05, 0) is 35.4 Å². The van der Waals surface area contributed by atoms with E-state index in [1.54, 1.807) is 12.1 Å². The molecule has 2 aromatic carbocycles. The van der Waals surface area contributed by atoms with Gasteiger partial charge in [0.1, 0.15) is 24.7 Å². The van der Waals surface area contributed by atoms with Crippen LogP contribution < -0.4 is 15.2 Å². The molecule has 7 heteroatoms. The molecule has 142 valence electrons. The topological polar surface area (TPSA) is 102 Å². The normalized spacial score (nSPS) is 13.5. The van der Waals surface area contributed by atoms with E-state index in [2.05, 4.69) is 0 Å². The summed E-state index contributed by atoms with van der Waals surface area (Å²) < 4.78 is 11.1. The molecule has 0 aromatic heterocycles.